The van der Waals surface area contributed by atoms with Gasteiger partial charge in [0.1, 0.15) is 0 Å². The van der Waals surface area contributed by atoms with E-state index in [9.17, 15) is 4.79 Å². The highest BCUT2D eigenvalue weighted by atomic mass is 16.1. The first-order chi connectivity index (χ1) is 10.4. The second kappa shape index (κ2) is 6.19. The molecule has 0 heterocycles. The van der Waals surface area contributed by atoms with Gasteiger partial charge >= 0.3 is 0 Å². The van der Waals surface area contributed by atoms with Crippen LogP contribution in [0.2, 0.25) is 0 Å². The van der Waals surface area contributed by atoms with Gasteiger partial charge in [0.25, 0.3) is 0 Å². The van der Waals surface area contributed by atoms with Crippen molar-refractivity contribution in [2.45, 2.75) is 6.42 Å². The Kier molecular flexibility index (Phi) is 3.92. The number of hydrogen-bond donors (Lipinski definition) is 0. The van der Waals surface area contributed by atoms with Crippen LogP contribution in [0.3, 0.4) is 0 Å². The topological polar surface area (TPSA) is 17.1 Å². The number of rotatable bonds is 0. The maximum Gasteiger partial charge on any atom is 0.193 e. The summed E-state index contributed by atoms with van der Waals surface area (Å²) in [5.41, 5.74) is 4.00. The molecular formula is C20H16O. The van der Waals surface area contributed by atoms with Crippen LogP contribution in [0.25, 0.3) is 0 Å². The molecule has 0 fully saturated rings. The molecule has 0 atom stereocenters. The van der Waals surface area contributed by atoms with E-state index in [1.807, 2.05) is 84.9 Å². The first-order valence-electron chi connectivity index (χ1n) is 7.07. The fraction of sp³-hybridized carbons (Fsp3) is 0.0500. The van der Waals surface area contributed by atoms with Crippen molar-refractivity contribution >= 4 is 5.78 Å². The molecule has 0 bridgehead atoms. The van der Waals surface area contributed by atoms with Gasteiger partial charge < -0.3 is 0 Å². The summed E-state index contributed by atoms with van der Waals surface area (Å²) in [6.07, 6.45) is 0.873. The van der Waals surface area contributed by atoms with Crippen molar-refractivity contribution in [3.8, 4) is 0 Å². The third-order valence-corrected chi connectivity index (χ3v) is 3.57. The van der Waals surface area contributed by atoms with E-state index in [-0.39, 0.29) is 5.78 Å². The average molecular weight is 272 g/mol. The van der Waals surface area contributed by atoms with Crippen molar-refractivity contribution in [1.82, 2.24) is 0 Å². The predicted octanol–water partition coefficient (Wildman–Crippen LogP) is 4.51. The third-order valence-electron chi connectivity index (χ3n) is 3.57. The zero-order valence-electron chi connectivity index (χ0n) is 11.7. The maximum atomic E-state index is 12.1. The van der Waals surface area contributed by atoms with Gasteiger partial charge in [0.15, 0.2) is 5.78 Å². The van der Waals surface area contributed by atoms with Crippen LogP contribution in [-0.4, -0.2) is 5.78 Å². The number of carbonyl (C=O) groups is 1. The van der Waals surface area contributed by atoms with E-state index in [0.29, 0.717) is 0 Å². The highest BCUT2D eigenvalue weighted by Gasteiger charge is 2.21. The molecule has 0 saturated carbocycles. The minimum atomic E-state index is 0.160. The van der Waals surface area contributed by atoms with E-state index in [2.05, 4.69) is 0 Å². The smallest absolute Gasteiger partial charge is 0.193 e. The lowest BCUT2D eigenvalue weighted by atomic mass is 9.85. The van der Waals surface area contributed by atoms with Gasteiger partial charge in [-0.3, -0.25) is 4.79 Å². The van der Waals surface area contributed by atoms with Crippen LogP contribution >= 0.6 is 0 Å². The van der Waals surface area contributed by atoms with E-state index in [1.165, 1.54) is 0 Å². The maximum absolute atomic E-state index is 12.1. The summed E-state index contributed by atoms with van der Waals surface area (Å²) in [6, 6.07) is 27.7. The van der Waals surface area contributed by atoms with Gasteiger partial charge in [-0.05, 0) is 17.5 Å². The van der Waals surface area contributed by atoms with Gasteiger partial charge in [0.05, 0.1) is 0 Å². The summed E-state index contributed by atoms with van der Waals surface area (Å²) in [5, 5.41) is 0. The lowest BCUT2D eigenvalue weighted by molar-refractivity contribution is 0.103. The molecule has 1 aliphatic rings. The number of carbonyl (C=O) groups excluding carboxylic acids is 1. The molecule has 0 aromatic heterocycles. The van der Waals surface area contributed by atoms with Gasteiger partial charge in [-0.1, -0.05) is 84.9 Å². The normalized spacial score (nSPS) is 11.7. The van der Waals surface area contributed by atoms with E-state index in [1.54, 1.807) is 0 Å². The van der Waals surface area contributed by atoms with Crippen LogP contribution in [0.15, 0.2) is 84.9 Å². The summed E-state index contributed by atoms with van der Waals surface area (Å²) in [7, 11) is 0. The molecule has 0 amide bonds. The zero-order chi connectivity index (χ0) is 14.5. The van der Waals surface area contributed by atoms with Crippen LogP contribution in [0.4, 0.5) is 0 Å². The molecule has 1 aliphatic carbocycles. The van der Waals surface area contributed by atoms with Crippen LogP contribution in [0.1, 0.15) is 27.0 Å². The summed E-state index contributed by atoms with van der Waals surface area (Å²) in [6.45, 7) is 0. The zero-order valence-corrected chi connectivity index (χ0v) is 11.7. The Morgan fingerprint density at radius 2 is 0.905 bits per heavy atom. The highest BCUT2D eigenvalue weighted by Crippen LogP contribution is 2.26. The van der Waals surface area contributed by atoms with Gasteiger partial charge in [0, 0.05) is 11.1 Å². The first kappa shape index (κ1) is 13.3. The molecule has 1 heteroatoms. The Hall–Kier alpha value is -2.67. The predicted molar refractivity (Wildman–Crippen MR) is 85.6 cm³/mol. The Labute approximate surface area is 124 Å². The van der Waals surface area contributed by atoms with Crippen molar-refractivity contribution in [1.29, 1.82) is 0 Å². The Balaban J connectivity index is 0.000000186. The molecule has 4 rings (SSSR count). The van der Waals surface area contributed by atoms with Crippen LogP contribution < -0.4 is 0 Å². The number of fused-ring (bicyclic) bond motifs is 2. The van der Waals surface area contributed by atoms with Crippen molar-refractivity contribution in [2.24, 2.45) is 0 Å². The third kappa shape index (κ3) is 2.92. The summed E-state index contributed by atoms with van der Waals surface area (Å²) in [4.78, 5) is 12.1. The van der Waals surface area contributed by atoms with Gasteiger partial charge in [-0.15, -0.1) is 0 Å². The standard InChI is InChI=1S/C14H10O.C6H6/c15-14-12-7-3-1-5-10(12)9-11-6-2-4-8-13(11)14;1-2-4-6-5-3-1/h1-8H,9H2;1-6H. The average Bonchev–Trinajstić information content (AvgIpc) is 2.57. The molecule has 0 N–H and O–H groups in total. The SMILES string of the molecule is O=C1c2ccccc2Cc2ccccc21.c1ccccc1. The fourth-order valence-electron chi connectivity index (χ4n) is 2.53. The van der Waals surface area contributed by atoms with Gasteiger partial charge in [0.2, 0.25) is 0 Å². The molecule has 1 nitrogen and oxygen atoms in total. The number of ketones is 1. The Morgan fingerprint density at radius 3 is 1.33 bits per heavy atom. The van der Waals surface area contributed by atoms with Crippen molar-refractivity contribution in [3.63, 3.8) is 0 Å². The van der Waals surface area contributed by atoms with E-state index in [0.717, 1.165) is 28.7 Å². The number of benzene rings is 3. The Morgan fingerprint density at radius 1 is 0.524 bits per heavy atom. The van der Waals surface area contributed by atoms with Crippen LogP contribution in [0, 0.1) is 0 Å². The summed E-state index contributed by atoms with van der Waals surface area (Å²) in [5.74, 6) is 0.160. The largest absolute Gasteiger partial charge is 0.289 e. The minimum Gasteiger partial charge on any atom is -0.289 e. The van der Waals surface area contributed by atoms with Gasteiger partial charge in [-0.25, -0.2) is 0 Å². The second-order valence-electron chi connectivity index (χ2n) is 4.97. The van der Waals surface area contributed by atoms with E-state index >= 15 is 0 Å². The molecule has 3 aromatic carbocycles. The van der Waals surface area contributed by atoms with Crippen molar-refractivity contribution in [3.05, 3.63) is 107 Å². The van der Waals surface area contributed by atoms with E-state index < -0.39 is 0 Å². The summed E-state index contributed by atoms with van der Waals surface area (Å²) >= 11 is 0. The molecular weight excluding hydrogens is 256 g/mol. The van der Waals surface area contributed by atoms with Crippen LogP contribution in [-0.2, 0) is 6.42 Å². The fourth-order valence-corrected chi connectivity index (χ4v) is 2.53. The minimum absolute atomic E-state index is 0.160. The lowest BCUT2D eigenvalue weighted by Gasteiger charge is -2.17. The summed E-state index contributed by atoms with van der Waals surface area (Å²) < 4.78 is 0. The monoisotopic (exact) mass is 272 g/mol. The lowest BCUT2D eigenvalue weighted by Crippen LogP contribution is -2.14. The molecule has 0 spiro atoms. The van der Waals surface area contributed by atoms with Crippen molar-refractivity contribution < 1.29 is 4.79 Å². The molecule has 21 heavy (non-hydrogen) atoms. The van der Waals surface area contributed by atoms with Crippen molar-refractivity contribution in [2.75, 3.05) is 0 Å². The molecule has 0 unspecified atom stereocenters. The molecule has 0 radical (unpaired) electrons. The highest BCUT2D eigenvalue weighted by molar-refractivity contribution is 6.12. The molecule has 0 saturated heterocycles. The number of hydrogen-bond acceptors (Lipinski definition) is 1. The molecule has 102 valence electrons. The quantitative estimate of drug-likeness (QED) is 0.460. The second-order valence-corrected chi connectivity index (χ2v) is 4.97. The molecule has 3 aromatic rings. The first-order valence-corrected chi connectivity index (χ1v) is 7.07. The van der Waals surface area contributed by atoms with E-state index in [4.69, 9.17) is 0 Å². The Bertz CT molecular complexity index is 670. The van der Waals surface area contributed by atoms with Crippen LogP contribution in [0.5, 0.6) is 0 Å². The van der Waals surface area contributed by atoms with Gasteiger partial charge in [-0.2, -0.15) is 0 Å². The molecule has 0 aliphatic heterocycles.